The number of carbonyl (C=O) groups excluding carboxylic acids is 1. The second-order valence-electron chi connectivity index (χ2n) is 4.47. The third-order valence-electron chi connectivity index (χ3n) is 3.33. The van der Waals surface area contributed by atoms with Crippen LogP contribution in [0.3, 0.4) is 0 Å². The maximum Gasteiger partial charge on any atom is 0.247 e. The molecule has 0 radical (unpaired) electrons. The number of aromatic nitrogens is 1. The number of hydroxylamine groups is 2. The van der Waals surface area contributed by atoms with E-state index in [1.807, 2.05) is 11.6 Å². The van der Waals surface area contributed by atoms with Crippen molar-refractivity contribution in [1.29, 1.82) is 0 Å². The average molecular weight is 284 g/mol. The first-order valence-corrected chi connectivity index (χ1v) is 7.26. The summed E-state index contributed by atoms with van der Waals surface area (Å²) in [6, 6.07) is 0. The summed E-state index contributed by atoms with van der Waals surface area (Å²) in [5.74, 6) is 0.0184. The molecule has 1 aromatic rings. The summed E-state index contributed by atoms with van der Waals surface area (Å²) in [5.41, 5.74) is 0. The van der Waals surface area contributed by atoms with E-state index < -0.39 is 0 Å². The van der Waals surface area contributed by atoms with Crippen molar-refractivity contribution in [1.82, 2.24) is 14.9 Å². The largest absolute Gasteiger partial charge is 0.346 e. The Morgan fingerprint density at radius 2 is 2.21 bits per heavy atom. The van der Waals surface area contributed by atoms with Crippen molar-refractivity contribution < 1.29 is 9.63 Å². The Labute approximate surface area is 117 Å². The standard InChI is InChI=1S/C12H20N4O2S/c1-14(18-2)11(17)3-5-15-6-8-16(9-7-15)12-13-4-10-19-12/h4,10H,3,5-9H2,1-2H3. The summed E-state index contributed by atoms with van der Waals surface area (Å²) >= 11 is 1.67. The Morgan fingerprint density at radius 3 is 2.79 bits per heavy atom. The van der Waals surface area contributed by atoms with Gasteiger partial charge in [-0.2, -0.15) is 0 Å². The molecular weight excluding hydrogens is 264 g/mol. The number of rotatable bonds is 5. The Bertz CT molecular complexity index is 390. The molecule has 1 fully saturated rings. The number of anilines is 1. The van der Waals surface area contributed by atoms with Crippen LogP contribution in [0.5, 0.6) is 0 Å². The van der Waals surface area contributed by atoms with Crippen molar-refractivity contribution in [3.05, 3.63) is 11.6 Å². The smallest absolute Gasteiger partial charge is 0.247 e. The molecule has 0 N–H and O–H groups in total. The fourth-order valence-electron chi connectivity index (χ4n) is 2.05. The molecule has 19 heavy (non-hydrogen) atoms. The first kappa shape index (κ1) is 14.2. The summed E-state index contributed by atoms with van der Waals surface area (Å²) < 4.78 is 0. The van der Waals surface area contributed by atoms with Gasteiger partial charge in [0, 0.05) is 57.8 Å². The fraction of sp³-hybridized carbons (Fsp3) is 0.667. The Kier molecular flexibility index (Phi) is 5.12. The van der Waals surface area contributed by atoms with Crippen molar-refractivity contribution in [3.63, 3.8) is 0 Å². The van der Waals surface area contributed by atoms with Crippen LogP contribution in [-0.4, -0.2) is 67.7 Å². The van der Waals surface area contributed by atoms with Crippen molar-refractivity contribution in [3.8, 4) is 0 Å². The molecule has 0 aromatic carbocycles. The van der Waals surface area contributed by atoms with E-state index in [4.69, 9.17) is 4.84 Å². The fourth-order valence-corrected chi connectivity index (χ4v) is 2.74. The number of amides is 1. The van der Waals surface area contributed by atoms with Crippen molar-refractivity contribution >= 4 is 22.4 Å². The number of hydrogen-bond acceptors (Lipinski definition) is 6. The molecule has 0 atom stereocenters. The van der Waals surface area contributed by atoms with E-state index in [1.165, 1.54) is 12.2 Å². The summed E-state index contributed by atoms with van der Waals surface area (Å²) in [7, 11) is 3.15. The molecule has 7 heteroatoms. The van der Waals surface area contributed by atoms with E-state index in [1.54, 1.807) is 18.4 Å². The molecule has 1 aliphatic heterocycles. The molecule has 0 unspecified atom stereocenters. The Morgan fingerprint density at radius 1 is 1.47 bits per heavy atom. The van der Waals surface area contributed by atoms with Crippen LogP contribution in [0.2, 0.25) is 0 Å². The minimum absolute atomic E-state index is 0.0184. The molecular formula is C12H20N4O2S. The summed E-state index contributed by atoms with van der Waals surface area (Å²) in [6.45, 7) is 4.69. The molecule has 0 spiro atoms. The van der Waals surface area contributed by atoms with Gasteiger partial charge in [-0.3, -0.25) is 14.5 Å². The lowest BCUT2D eigenvalue weighted by Crippen LogP contribution is -2.47. The average Bonchev–Trinajstić information content (AvgIpc) is 2.98. The predicted molar refractivity (Wildman–Crippen MR) is 75.2 cm³/mol. The molecule has 2 rings (SSSR count). The minimum Gasteiger partial charge on any atom is -0.346 e. The van der Waals surface area contributed by atoms with Crippen LogP contribution in [0.15, 0.2) is 11.6 Å². The van der Waals surface area contributed by atoms with Crippen LogP contribution in [0, 0.1) is 0 Å². The zero-order chi connectivity index (χ0) is 13.7. The van der Waals surface area contributed by atoms with Gasteiger partial charge < -0.3 is 4.90 Å². The Hall–Kier alpha value is -1.18. The maximum absolute atomic E-state index is 11.6. The van der Waals surface area contributed by atoms with Crippen LogP contribution in [-0.2, 0) is 9.63 Å². The summed E-state index contributed by atoms with van der Waals surface area (Å²) in [5, 5.41) is 4.38. The topological polar surface area (TPSA) is 48.9 Å². The second-order valence-corrected chi connectivity index (χ2v) is 5.34. The second kappa shape index (κ2) is 6.83. The van der Waals surface area contributed by atoms with E-state index >= 15 is 0 Å². The molecule has 0 aliphatic carbocycles. The van der Waals surface area contributed by atoms with Gasteiger partial charge in [0.05, 0.1) is 7.11 Å². The molecule has 1 aliphatic rings. The van der Waals surface area contributed by atoms with E-state index in [0.29, 0.717) is 6.42 Å². The lowest BCUT2D eigenvalue weighted by atomic mass is 10.3. The third-order valence-corrected chi connectivity index (χ3v) is 4.16. The van der Waals surface area contributed by atoms with Gasteiger partial charge in [0.1, 0.15) is 0 Å². The first-order chi connectivity index (χ1) is 9.20. The molecule has 6 nitrogen and oxygen atoms in total. The van der Waals surface area contributed by atoms with Crippen LogP contribution in [0.4, 0.5) is 5.13 Å². The number of nitrogens with zero attached hydrogens (tertiary/aromatic N) is 4. The van der Waals surface area contributed by atoms with Gasteiger partial charge in [-0.15, -0.1) is 11.3 Å². The quantitative estimate of drug-likeness (QED) is 0.744. The third kappa shape index (κ3) is 3.89. The van der Waals surface area contributed by atoms with Crippen molar-refractivity contribution in [2.45, 2.75) is 6.42 Å². The number of thiazole rings is 1. The van der Waals surface area contributed by atoms with Crippen molar-refractivity contribution in [2.75, 3.05) is 51.8 Å². The summed E-state index contributed by atoms with van der Waals surface area (Å²) in [4.78, 5) is 25.4. The van der Waals surface area contributed by atoms with E-state index in [-0.39, 0.29) is 5.91 Å². The van der Waals surface area contributed by atoms with Crippen LogP contribution < -0.4 is 4.90 Å². The molecule has 0 saturated carbocycles. The molecule has 2 heterocycles. The van der Waals surface area contributed by atoms with Gasteiger partial charge in [-0.05, 0) is 0 Å². The van der Waals surface area contributed by atoms with Gasteiger partial charge in [0.2, 0.25) is 5.91 Å². The highest BCUT2D eigenvalue weighted by Gasteiger charge is 2.19. The van der Waals surface area contributed by atoms with E-state index in [0.717, 1.165) is 37.9 Å². The highest BCUT2D eigenvalue weighted by Crippen LogP contribution is 2.18. The highest BCUT2D eigenvalue weighted by molar-refractivity contribution is 7.13. The maximum atomic E-state index is 11.6. The highest BCUT2D eigenvalue weighted by atomic mass is 32.1. The van der Waals surface area contributed by atoms with Gasteiger partial charge >= 0.3 is 0 Å². The summed E-state index contributed by atoms with van der Waals surface area (Å²) in [6.07, 6.45) is 2.34. The van der Waals surface area contributed by atoms with Gasteiger partial charge in [0.15, 0.2) is 5.13 Å². The number of carbonyl (C=O) groups is 1. The van der Waals surface area contributed by atoms with Crippen LogP contribution in [0.1, 0.15) is 6.42 Å². The van der Waals surface area contributed by atoms with Crippen LogP contribution >= 0.6 is 11.3 Å². The van der Waals surface area contributed by atoms with Gasteiger partial charge in [-0.1, -0.05) is 0 Å². The van der Waals surface area contributed by atoms with Crippen LogP contribution in [0.25, 0.3) is 0 Å². The number of hydrogen-bond donors (Lipinski definition) is 0. The Balaban J connectivity index is 1.70. The molecule has 0 bridgehead atoms. The van der Waals surface area contributed by atoms with E-state index in [9.17, 15) is 4.79 Å². The monoisotopic (exact) mass is 284 g/mol. The normalized spacial score (nSPS) is 16.6. The molecule has 1 amide bonds. The van der Waals surface area contributed by atoms with E-state index in [2.05, 4.69) is 14.8 Å². The SMILES string of the molecule is CON(C)C(=O)CCN1CCN(c2nccs2)CC1. The zero-order valence-electron chi connectivity index (χ0n) is 11.4. The minimum atomic E-state index is 0.0184. The zero-order valence-corrected chi connectivity index (χ0v) is 12.2. The number of piperazine rings is 1. The molecule has 1 saturated heterocycles. The van der Waals surface area contributed by atoms with Gasteiger partial charge in [-0.25, -0.2) is 10.0 Å². The lowest BCUT2D eigenvalue weighted by molar-refractivity contribution is -0.168. The van der Waals surface area contributed by atoms with Crippen molar-refractivity contribution in [2.24, 2.45) is 0 Å². The predicted octanol–water partition coefficient (Wildman–Crippen LogP) is 0.675. The molecule has 106 valence electrons. The molecule has 1 aromatic heterocycles. The lowest BCUT2D eigenvalue weighted by Gasteiger charge is -2.34. The van der Waals surface area contributed by atoms with Gasteiger partial charge in [0.25, 0.3) is 0 Å². The first-order valence-electron chi connectivity index (χ1n) is 6.38.